The van der Waals surface area contributed by atoms with E-state index in [0.717, 1.165) is 70.9 Å². The van der Waals surface area contributed by atoms with E-state index in [2.05, 4.69) is 29.4 Å². The maximum absolute atomic E-state index is 12.1. The average Bonchev–Trinajstić information content (AvgIpc) is 2.67. The van der Waals surface area contributed by atoms with Crippen molar-refractivity contribution in [2.24, 2.45) is 4.99 Å². The Hall–Kier alpha value is -1.54. The summed E-state index contributed by atoms with van der Waals surface area (Å²) in [6, 6.07) is -0.0415. The predicted molar refractivity (Wildman–Crippen MR) is 121 cm³/mol. The zero-order valence-corrected chi connectivity index (χ0v) is 20.0. The summed E-state index contributed by atoms with van der Waals surface area (Å²) < 4.78 is 16.4. The van der Waals surface area contributed by atoms with Gasteiger partial charge in [0.1, 0.15) is 5.60 Å². The summed E-state index contributed by atoms with van der Waals surface area (Å²) in [4.78, 5) is 19.3. The molecule has 2 N–H and O–H groups in total. The molecular formula is C22H44N4O4. The lowest BCUT2D eigenvalue weighted by Gasteiger charge is -2.34. The van der Waals surface area contributed by atoms with Gasteiger partial charge in [-0.1, -0.05) is 13.3 Å². The third kappa shape index (κ3) is 11.6. The van der Waals surface area contributed by atoms with E-state index in [0.29, 0.717) is 12.6 Å². The van der Waals surface area contributed by atoms with Crippen LogP contribution < -0.4 is 10.6 Å². The van der Waals surface area contributed by atoms with Crippen molar-refractivity contribution in [3.05, 3.63) is 0 Å². The fraction of sp³-hybridized carbons (Fsp3) is 0.909. The first-order valence-corrected chi connectivity index (χ1v) is 11.4. The second-order valence-electron chi connectivity index (χ2n) is 8.73. The highest BCUT2D eigenvalue weighted by atomic mass is 16.6. The van der Waals surface area contributed by atoms with Crippen LogP contribution in [-0.4, -0.2) is 81.2 Å². The molecule has 0 bridgehead atoms. The van der Waals surface area contributed by atoms with Crippen molar-refractivity contribution in [3.63, 3.8) is 0 Å². The molecule has 1 amide bonds. The van der Waals surface area contributed by atoms with E-state index in [4.69, 9.17) is 19.2 Å². The third-order valence-corrected chi connectivity index (χ3v) is 4.74. The Morgan fingerprint density at radius 1 is 1.20 bits per heavy atom. The van der Waals surface area contributed by atoms with Crippen LogP contribution in [0, 0.1) is 0 Å². The van der Waals surface area contributed by atoms with Crippen LogP contribution in [0.5, 0.6) is 0 Å². The van der Waals surface area contributed by atoms with Gasteiger partial charge in [-0.2, -0.15) is 0 Å². The molecule has 30 heavy (non-hydrogen) atoms. The van der Waals surface area contributed by atoms with Crippen molar-refractivity contribution in [2.45, 2.75) is 84.5 Å². The smallest absolute Gasteiger partial charge is 0.407 e. The molecule has 0 aromatic heterocycles. The molecule has 0 radical (unpaired) electrons. The molecule has 1 rings (SSSR count). The van der Waals surface area contributed by atoms with Crippen molar-refractivity contribution in [2.75, 3.05) is 46.5 Å². The number of amides is 1. The van der Waals surface area contributed by atoms with Crippen LogP contribution in [0.2, 0.25) is 0 Å². The number of likely N-dealkylation sites (tertiary alicyclic amines) is 1. The van der Waals surface area contributed by atoms with E-state index in [1.54, 1.807) is 7.11 Å². The Balaban J connectivity index is 2.57. The van der Waals surface area contributed by atoms with Crippen molar-refractivity contribution < 1.29 is 19.0 Å². The monoisotopic (exact) mass is 428 g/mol. The molecule has 1 fully saturated rings. The van der Waals surface area contributed by atoms with Crippen molar-refractivity contribution >= 4 is 12.1 Å². The molecule has 1 aliphatic rings. The topological polar surface area (TPSA) is 84.4 Å². The highest BCUT2D eigenvalue weighted by Crippen LogP contribution is 2.14. The zero-order chi connectivity index (χ0) is 22.4. The fourth-order valence-corrected chi connectivity index (χ4v) is 3.34. The highest BCUT2D eigenvalue weighted by Gasteiger charge is 2.23. The SMILES string of the molecule is CCCC(CN=C(NCC)N1CCC(OCCCOC)CC1)NC(=O)OC(C)(C)C. The Morgan fingerprint density at radius 3 is 2.47 bits per heavy atom. The minimum absolute atomic E-state index is 0.0415. The Labute approximate surface area is 183 Å². The summed E-state index contributed by atoms with van der Waals surface area (Å²) in [7, 11) is 1.72. The van der Waals surface area contributed by atoms with Crippen LogP contribution >= 0.6 is 0 Å². The van der Waals surface area contributed by atoms with E-state index < -0.39 is 5.60 Å². The number of alkyl carbamates (subject to hydrolysis) is 1. The Bertz CT molecular complexity index is 500. The van der Waals surface area contributed by atoms with E-state index in [1.165, 1.54) is 0 Å². The first kappa shape index (κ1) is 26.5. The highest BCUT2D eigenvalue weighted by molar-refractivity contribution is 5.80. The van der Waals surface area contributed by atoms with E-state index in [9.17, 15) is 4.79 Å². The van der Waals surface area contributed by atoms with Gasteiger partial charge in [0.15, 0.2) is 5.96 Å². The summed E-state index contributed by atoms with van der Waals surface area (Å²) in [5.74, 6) is 0.905. The summed E-state index contributed by atoms with van der Waals surface area (Å²) in [6.07, 6.45) is 4.68. The molecule has 1 atom stereocenters. The molecule has 1 unspecified atom stereocenters. The molecule has 1 aliphatic heterocycles. The molecule has 0 saturated carbocycles. The number of carbonyl (C=O) groups is 1. The molecule has 0 aromatic rings. The number of ether oxygens (including phenoxy) is 3. The first-order chi connectivity index (χ1) is 14.3. The van der Waals surface area contributed by atoms with Crippen LogP contribution in [-0.2, 0) is 14.2 Å². The number of hydrogen-bond donors (Lipinski definition) is 2. The number of rotatable bonds is 11. The molecule has 176 valence electrons. The lowest BCUT2D eigenvalue weighted by atomic mass is 10.1. The van der Waals surface area contributed by atoms with E-state index in [-0.39, 0.29) is 12.1 Å². The largest absolute Gasteiger partial charge is 0.444 e. The normalized spacial score (nSPS) is 17.0. The minimum atomic E-state index is -0.505. The lowest BCUT2D eigenvalue weighted by molar-refractivity contribution is 0.00988. The quantitative estimate of drug-likeness (QED) is 0.299. The summed E-state index contributed by atoms with van der Waals surface area (Å²) >= 11 is 0. The van der Waals surface area contributed by atoms with Gasteiger partial charge in [0.05, 0.1) is 18.7 Å². The van der Waals surface area contributed by atoms with Crippen LogP contribution in [0.1, 0.15) is 66.7 Å². The number of piperidine rings is 1. The maximum atomic E-state index is 12.1. The van der Waals surface area contributed by atoms with Gasteiger partial charge in [-0.3, -0.25) is 4.99 Å². The molecule has 0 aromatic carbocycles. The molecule has 0 aliphatic carbocycles. The van der Waals surface area contributed by atoms with E-state index >= 15 is 0 Å². The fourth-order valence-electron chi connectivity index (χ4n) is 3.34. The molecule has 0 spiro atoms. The van der Waals surface area contributed by atoms with Gasteiger partial charge in [0, 0.05) is 40.0 Å². The zero-order valence-electron chi connectivity index (χ0n) is 20.0. The van der Waals surface area contributed by atoms with E-state index in [1.807, 2.05) is 20.8 Å². The van der Waals surface area contributed by atoms with Gasteiger partial charge >= 0.3 is 6.09 Å². The second-order valence-corrected chi connectivity index (χ2v) is 8.73. The van der Waals surface area contributed by atoms with Crippen molar-refractivity contribution in [1.29, 1.82) is 0 Å². The summed E-state index contributed by atoms with van der Waals surface area (Å²) in [5.41, 5.74) is -0.505. The number of methoxy groups -OCH3 is 1. The third-order valence-electron chi connectivity index (χ3n) is 4.74. The number of hydrogen-bond acceptors (Lipinski definition) is 5. The number of nitrogens with zero attached hydrogens (tertiary/aromatic N) is 2. The van der Waals surface area contributed by atoms with Crippen LogP contribution in [0.15, 0.2) is 4.99 Å². The molecule has 8 heteroatoms. The maximum Gasteiger partial charge on any atom is 0.407 e. The van der Waals surface area contributed by atoms with Gasteiger partial charge in [-0.15, -0.1) is 0 Å². The molecule has 8 nitrogen and oxygen atoms in total. The number of carbonyl (C=O) groups excluding carboxylic acids is 1. The van der Waals surface area contributed by atoms with Crippen LogP contribution in [0.4, 0.5) is 4.79 Å². The lowest BCUT2D eigenvalue weighted by Crippen LogP contribution is -2.48. The molecular weight excluding hydrogens is 384 g/mol. The molecule has 1 saturated heterocycles. The van der Waals surface area contributed by atoms with Gasteiger partial charge < -0.3 is 29.7 Å². The summed E-state index contributed by atoms with van der Waals surface area (Å²) in [6.45, 7) is 14.5. The van der Waals surface area contributed by atoms with Gasteiger partial charge in [0.25, 0.3) is 0 Å². The van der Waals surface area contributed by atoms with Crippen molar-refractivity contribution in [3.8, 4) is 0 Å². The van der Waals surface area contributed by atoms with Gasteiger partial charge in [-0.25, -0.2) is 4.79 Å². The molecule has 1 heterocycles. The van der Waals surface area contributed by atoms with Gasteiger partial charge in [-0.05, 0) is 53.4 Å². The average molecular weight is 429 g/mol. The first-order valence-electron chi connectivity index (χ1n) is 11.4. The number of aliphatic imine (C=N–C) groups is 1. The van der Waals surface area contributed by atoms with Crippen LogP contribution in [0.3, 0.4) is 0 Å². The predicted octanol–water partition coefficient (Wildman–Crippen LogP) is 3.16. The van der Waals surface area contributed by atoms with Crippen LogP contribution in [0.25, 0.3) is 0 Å². The minimum Gasteiger partial charge on any atom is -0.444 e. The number of nitrogens with one attached hydrogen (secondary N) is 2. The van der Waals surface area contributed by atoms with Crippen molar-refractivity contribution in [1.82, 2.24) is 15.5 Å². The summed E-state index contributed by atoms with van der Waals surface area (Å²) in [5, 5.41) is 6.36. The number of guanidine groups is 1. The Morgan fingerprint density at radius 2 is 1.90 bits per heavy atom. The second kappa shape index (κ2) is 14.5. The van der Waals surface area contributed by atoms with Gasteiger partial charge in [0.2, 0.25) is 0 Å². The Kier molecular flexibility index (Phi) is 12.8. The standard InChI is InChI=1S/C22H44N4O4/c1-7-10-18(25-21(27)30-22(3,4)5)17-24-20(23-8-2)26-13-11-19(12-14-26)29-16-9-15-28-6/h18-19H,7-17H2,1-6H3,(H,23,24)(H,25,27).